The first-order chi connectivity index (χ1) is 20.2. The van der Waals surface area contributed by atoms with Gasteiger partial charge in [-0.25, -0.2) is 4.68 Å². The number of ether oxygens (including phenoxy) is 1. The number of ketones is 1. The molecule has 4 aromatic carbocycles. The number of hydrogen-bond acceptors (Lipinski definition) is 7. The van der Waals surface area contributed by atoms with E-state index in [0.717, 1.165) is 16.9 Å². The van der Waals surface area contributed by atoms with E-state index in [1.807, 2.05) is 95.7 Å². The number of para-hydroxylation sites is 3. The Morgan fingerprint density at radius 2 is 1.46 bits per heavy atom. The zero-order valence-corrected chi connectivity index (χ0v) is 23.2. The third-order valence-electron chi connectivity index (χ3n) is 6.21. The molecule has 0 atom stereocenters. The predicted molar refractivity (Wildman–Crippen MR) is 159 cm³/mol. The molecule has 2 aromatic heterocycles. The highest BCUT2D eigenvalue weighted by Crippen LogP contribution is 2.34. The summed E-state index contributed by atoms with van der Waals surface area (Å²) in [7, 11) is 0. The quantitative estimate of drug-likeness (QED) is 0.132. The number of rotatable bonds is 10. The number of Topliss-reactive ketones (excluding diaryl/α,β-unsaturated/α-hetero) is 1. The van der Waals surface area contributed by atoms with E-state index in [9.17, 15) is 4.79 Å². The van der Waals surface area contributed by atoms with Gasteiger partial charge >= 0.3 is 0 Å². The fourth-order valence-corrected chi connectivity index (χ4v) is 5.17. The molecule has 0 saturated heterocycles. The zero-order valence-electron chi connectivity index (χ0n) is 21.7. The molecule has 6 aromatic rings. The van der Waals surface area contributed by atoms with E-state index in [2.05, 4.69) is 20.5 Å². The number of carbonyl (C=O) groups is 1. The summed E-state index contributed by atoms with van der Waals surface area (Å²) in [5.74, 6) is 1.39. The highest BCUT2D eigenvalue weighted by Gasteiger charge is 2.20. The molecule has 202 valence electrons. The van der Waals surface area contributed by atoms with Crippen LogP contribution in [0.1, 0.15) is 16.1 Å². The number of benzene rings is 4. The monoisotopic (exact) mass is 578 g/mol. The van der Waals surface area contributed by atoms with E-state index in [0.29, 0.717) is 33.0 Å². The maximum absolute atomic E-state index is 12.9. The van der Waals surface area contributed by atoms with Crippen LogP contribution in [0.3, 0.4) is 0 Å². The van der Waals surface area contributed by atoms with Gasteiger partial charge in [-0.15, -0.1) is 15.3 Å². The van der Waals surface area contributed by atoms with Crippen molar-refractivity contribution < 1.29 is 9.53 Å². The minimum Gasteiger partial charge on any atom is -0.486 e. The predicted octanol–water partition coefficient (Wildman–Crippen LogP) is 6.72. The second kappa shape index (κ2) is 12.2. The van der Waals surface area contributed by atoms with E-state index in [4.69, 9.17) is 16.3 Å². The Morgan fingerprint density at radius 3 is 2.22 bits per heavy atom. The molecular formula is C31H23ClN6O2S. The summed E-state index contributed by atoms with van der Waals surface area (Å²) in [5, 5.41) is 18.7. The summed E-state index contributed by atoms with van der Waals surface area (Å²) in [6.45, 7) is 0.223. The summed E-state index contributed by atoms with van der Waals surface area (Å²) < 4.78 is 9.88. The number of hydrogen-bond donors (Lipinski definition) is 0. The normalized spacial score (nSPS) is 11.0. The van der Waals surface area contributed by atoms with Gasteiger partial charge in [0.1, 0.15) is 18.1 Å². The third-order valence-corrected chi connectivity index (χ3v) is 7.39. The average molecular weight is 579 g/mol. The van der Waals surface area contributed by atoms with Crippen LogP contribution < -0.4 is 4.74 Å². The van der Waals surface area contributed by atoms with Crippen LogP contribution in [0.2, 0.25) is 5.02 Å². The Labute approximate surface area is 245 Å². The molecule has 2 heterocycles. The van der Waals surface area contributed by atoms with Crippen molar-refractivity contribution >= 4 is 29.1 Å². The van der Waals surface area contributed by atoms with Gasteiger partial charge in [-0.1, -0.05) is 77.1 Å². The van der Waals surface area contributed by atoms with Gasteiger partial charge in [0.2, 0.25) is 0 Å². The zero-order chi connectivity index (χ0) is 28.0. The van der Waals surface area contributed by atoms with Crippen LogP contribution in [0.25, 0.3) is 22.8 Å². The van der Waals surface area contributed by atoms with Gasteiger partial charge in [0, 0.05) is 16.3 Å². The van der Waals surface area contributed by atoms with Gasteiger partial charge in [0.05, 0.1) is 23.2 Å². The lowest BCUT2D eigenvalue weighted by Crippen LogP contribution is -2.05. The van der Waals surface area contributed by atoms with Crippen LogP contribution in [0, 0.1) is 0 Å². The van der Waals surface area contributed by atoms with E-state index >= 15 is 0 Å². The standard InChI is InChI=1S/C31H23ClN6O2S/c32-23-17-15-22(16-18-23)28(39)21-41-31-35-34-30(38(31)26-11-5-2-6-12-26)27-13-7-8-14-29(27)40-20-24-19-37(36-33-24)25-9-3-1-4-10-25/h1-19H,20-21H2. The van der Waals surface area contributed by atoms with Crippen molar-refractivity contribution in [1.29, 1.82) is 0 Å². The van der Waals surface area contributed by atoms with Gasteiger partial charge in [-0.3, -0.25) is 9.36 Å². The summed E-state index contributed by atoms with van der Waals surface area (Å²) in [6.07, 6.45) is 1.84. The molecule has 41 heavy (non-hydrogen) atoms. The van der Waals surface area contributed by atoms with Crippen molar-refractivity contribution in [1.82, 2.24) is 29.8 Å². The van der Waals surface area contributed by atoms with Gasteiger partial charge in [0.15, 0.2) is 16.8 Å². The average Bonchev–Trinajstić information content (AvgIpc) is 3.68. The van der Waals surface area contributed by atoms with E-state index in [1.54, 1.807) is 28.9 Å². The van der Waals surface area contributed by atoms with Gasteiger partial charge in [-0.05, 0) is 60.7 Å². The highest BCUT2D eigenvalue weighted by molar-refractivity contribution is 7.99. The van der Waals surface area contributed by atoms with Crippen molar-refractivity contribution in [2.24, 2.45) is 0 Å². The molecule has 10 heteroatoms. The van der Waals surface area contributed by atoms with E-state index in [1.165, 1.54) is 11.8 Å². The van der Waals surface area contributed by atoms with E-state index in [-0.39, 0.29) is 18.1 Å². The molecule has 8 nitrogen and oxygen atoms in total. The number of halogens is 1. The number of nitrogens with zero attached hydrogens (tertiary/aromatic N) is 6. The molecule has 0 amide bonds. The molecule has 0 aliphatic heterocycles. The van der Waals surface area contributed by atoms with Crippen molar-refractivity contribution in [2.75, 3.05) is 5.75 Å². The van der Waals surface area contributed by atoms with Crippen LogP contribution in [-0.2, 0) is 6.61 Å². The fraction of sp³-hybridized carbons (Fsp3) is 0.0645. The second-order valence-electron chi connectivity index (χ2n) is 8.97. The molecular weight excluding hydrogens is 556 g/mol. The number of carbonyl (C=O) groups excluding carboxylic acids is 1. The van der Waals surface area contributed by atoms with Gasteiger partial charge in [-0.2, -0.15) is 0 Å². The molecule has 0 unspecified atom stereocenters. The van der Waals surface area contributed by atoms with Gasteiger partial charge < -0.3 is 4.74 Å². The molecule has 0 aliphatic carbocycles. The van der Waals surface area contributed by atoms with Crippen LogP contribution in [0.15, 0.2) is 121 Å². The molecule has 6 rings (SSSR count). The third kappa shape index (κ3) is 6.06. The van der Waals surface area contributed by atoms with Crippen molar-refractivity contribution in [2.45, 2.75) is 11.8 Å². The first-order valence-electron chi connectivity index (χ1n) is 12.8. The SMILES string of the molecule is O=C(CSc1nnc(-c2ccccc2OCc2cn(-c3ccccc3)nn2)n1-c1ccccc1)c1ccc(Cl)cc1. The van der Waals surface area contributed by atoms with Crippen LogP contribution in [-0.4, -0.2) is 41.3 Å². The van der Waals surface area contributed by atoms with E-state index < -0.39 is 0 Å². The second-order valence-corrected chi connectivity index (χ2v) is 10.3. The Hall–Kier alpha value is -4.73. The first-order valence-corrected chi connectivity index (χ1v) is 14.1. The maximum atomic E-state index is 12.9. The van der Waals surface area contributed by atoms with Crippen molar-refractivity contribution in [3.63, 3.8) is 0 Å². The fourth-order valence-electron chi connectivity index (χ4n) is 4.20. The molecule has 0 bridgehead atoms. The Bertz CT molecular complexity index is 1770. The topological polar surface area (TPSA) is 87.7 Å². The number of aromatic nitrogens is 6. The minimum absolute atomic E-state index is 0.0249. The first kappa shape index (κ1) is 26.5. The van der Waals surface area contributed by atoms with Crippen LogP contribution in [0.5, 0.6) is 5.75 Å². The van der Waals surface area contributed by atoms with Gasteiger partial charge in [0.25, 0.3) is 0 Å². The summed E-state index contributed by atoms with van der Waals surface area (Å²) in [6, 6.07) is 34.1. The number of thioether (sulfide) groups is 1. The Kier molecular flexibility index (Phi) is 7.88. The molecule has 0 saturated carbocycles. The molecule has 0 N–H and O–H groups in total. The molecule has 0 radical (unpaired) electrons. The molecule has 0 spiro atoms. The van der Waals surface area contributed by atoms with Crippen molar-refractivity contribution in [3.8, 4) is 28.5 Å². The van der Waals surface area contributed by atoms with Crippen LogP contribution in [0.4, 0.5) is 0 Å². The molecule has 0 fully saturated rings. The lowest BCUT2D eigenvalue weighted by atomic mass is 10.1. The maximum Gasteiger partial charge on any atom is 0.196 e. The minimum atomic E-state index is -0.0249. The Morgan fingerprint density at radius 1 is 0.780 bits per heavy atom. The summed E-state index contributed by atoms with van der Waals surface area (Å²) >= 11 is 7.31. The van der Waals surface area contributed by atoms with Crippen LogP contribution >= 0.6 is 23.4 Å². The van der Waals surface area contributed by atoms with Crippen molar-refractivity contribution in [3.05, 3.63) is 132 Å². The summed E-state index contributed by atoms with van der Waals surface area (Å²) in [4.78, 5) is 12.9. The lowest BCUT2D eigenvalue weighted by molar-refractivity contribution is 0.102. The summed E-state index contributed by atoms with van der Waals surface area (Å²) in [5.41, 5.74) is 3.83. The molecule has 0 aliphatic rings. The largest absolute Gasteiger partial charge is 0.486 e. The Balaban J connectivity index is 1.27. The highest BCUT2D eigenvalue weighted by atomic mass is 35.5. The lowest BCUT2D eigenvalue weighted by Gasteiger charge is -2.13. The smallest absolute Gasteiger partial charge is 0.196 e.